The number of urea groups is 1. The number of carbonyl (C=O) groups is 3. The lowest BCUT2D eigenvalue weighted by Gasteiger charge is -2.24. The molecule has 10 heteroatoms. The van der Waals surface area contributed by atoms with Gasteiger partial charge in [-0.1, -0.05) is 43.2 Å². The Kier molecular flexibility index (Phi) is 7.69. The molecule has 1 saturated heterocycles. The zero-order valence-corrected chi connectivity index (χ0v) is 20.3. The van der Waals surface area contributed by atoms with Crippen molar-refractivity contribution in [3.05, 3.63) is 52.6 Å². The second-order valence-corrected chi connectivity index (χ2v) is 9.61. The van der Waals surface area contributed by atoms with Gasteiger partial charge in [-0.2, -0.15) is 5.01 Å². The van der Waals surface area contributed by atoms with Crippen LogP contribution in [0.3, 0.4) is 0 Å². The summed E-state index contributed by atoms with van der Waals surface area (Å²) in [6, 6.07) is 10.1. The number of nitrogens with zero attached hydrogens (tertiary/aromatic N) is 1. The van der Waals surface area contributed by atoms with Crippen molar-refractivity contribution in [3.8, 4) is 11.3 Å². The first-order valence-electron chi connectivity index (χ1n) is 11.2. The predicted molar refractivity (Wildman–Crippen MR) is 134 cm³/mol. The molecule has 8 nitrogen and oxygen atoms in total. The van der Waals surface area contributed by atoms with Crippen molar-refractivity contribution in [1.82, 2.24) is 15.8 Å². The molecule has 2 fully saturated rings. The van der Waals surface area contributed by atoms with Crippen molar-refractivity contribution < 1.29 is 23.5 Å². The Morgan fingerprint density at radius 3 is 2.62 bits per heavy atom. The van der Waals surface area contributed by atoms with Crippen LogP contribution in [0.2, 0.25) is 0 Å². The summed E-state index contributed by atoms with van der Waals surface area (Å²) in [5.41, 5.74) is 3.80. The Bertz CT molecular complexity index is 1120. The van der Waals surface area contributed by atoms with E-state index in [1.807, 2.05) is 0 Å². The molecule has 0 bridgehead atoms. The standard InChI is InChI=1S/C24H25N3O5S2/c1-2-31-22(29)16-10-8-15(9-11-16)19-13-12-18(32-19)14-20-21(28)27(24(33)34-20)26-23(30)25-17-6-4-3-5-7-17/h8-14,17H,2-7H2,1H3,(H2,25,26,30)/b20-14+. The first kappa shape index (κ1) is 24.0. The SMILES string of the molecule is CCOC(=O)c1ccc(-c2ccc(/C=C3/SC(=S)N(NC(=O)NC4CCCCC4)C3=O)o2)cc1. The fourth-order valence-corrected chi connectivity index (χ4v) is 4.99. The van der Waals surface area contributed by atoms with Crippen molar-refractivity contribution in [2.75, 3.05) is 6.61 Å². The van der Waals surface area contributed by atoms with Crippen LogP contribution in [0.4, 0.5) is 4.79 Å². The van der Waals surface area contributed by atoms with Gasteiger partial charge in [0.1, 0.15) is 11.5 Å². The number of carbonyl (C=O) groups excluding carboxylic acids is 3. The Balaban J connectivity index is 1.39. The highest BCUT2D eigenvalue weighted by molar-refractivity contribution is 8.26. The number of thioether (sulfide) groups is 1. The lowest BCUT2D eigenvalue weighted by atomic mass is 9.96. The molecule has 1 aliphatic carbocycles. The predicted octanol–water partition coefficient (Wildman–Crippen LogP) is 4.87. The first-order valence-corrected chi connectivity index (χ1v) is 12.4. The largest absolute Gasteiger partial charge is 0.462 e. The normalized spacial score (nSPS) is 17.8. The third-order valence-electron chi connectivity index (χ3n) is 5.53. The maximum atomic E-state index is 12.8. The summed E-state index contributed by atoms with van der Waals surface area (Å²) < 4.78 is 11.1. The smallest absolute Gasteiger partial charge is 0.338 e. The van der Waals surface area contributed by atoms with Gasteiger partial charge >= 0.3 is 12.0 Å². The monoisotopic (exact) mass is 499 g/mol. The average Bonchev–Trinajstić information content (AvgIpc) is 3.40. The van der Waals surface area contributed by atoms with Crippen molar-refractivity contribution in [3.63, 3.8) is 0 Å². The lowest BCUT2D eigenvalue weighted by Crippen LogP contribution is -2.51. The number of hydrazine groups is 1. The summed E-state index contributed by atoms with van der Waals surface area (Å²) in [5, 5.41) is 4.00. The fraction of sp³-hybridized carbons (Fsp3) is 0.333. The molecule has 2 heterocycles. The number of hydrogen-bond donors (Lipinski definition) is 2. The van der Waals surface area contributed by atoms with Gasteiger partial charge in [0, 0.05) is 17.7 Å². The van der Waals surface area contributed by atoms with Crippen LogP contribution < -0.4 is 10.7 Å². The average molecular weight is 500 g/mol. The maximum Gasteiger partial charge on any atom is 0.338 e. The minimum absolute atomic E-state index is 0.121. The van der Waals surface area contributed by atoms with Gasteiger partial charge in [-0.15, -0.1) is 0 Å². The number of nitrogens with one attached hydrogen (secondary N) is 2. The summed E-state index contributed by atoms with van der Waals surface area (Å²) >= 11 is 6.38. The number of esters is 1. The second kappa shape index (κ2) is 10.9. The van der Waals surface area contributed by atoms with Gasteiger partial charge in [0.05, 0.1) is 17.1 Å². The molecule has 2 N–H and O–H groups in total. The van der Waals surface area contributed by atoms with Gasteiger partial charge in [-0.3, -0.25) is 4.79 Å². The minimum atomic E-state index is -0.434. The molecule has 0 atom stereocenters. The molecule has 1 aliphatic heterocycles. The van der Waals surface area contributed by atoms with Crippen molar-refractivity contribution >= 4 is 52.3 Å². The van der Waals surface area contributed by atoms with Gasteiger partial charge in [0.2, 0.25) is 0 Å². The van der Waals surface area contributed by atoms with Gasteiger partial charge < -0.3 is 14.5 Å². The first-order chi connectivity index (χ1) is 16.4. The van der Waals surface area contributed by atoms with Crippen LogP contribution in [-0.4, -0.2) is 39.9 Å². The summed E-state index contributed by atoms with van der Waals surface area (Å²) in [4.78, 5) is 37.3. The van der Waals surface area contributed by atoms with E-state index in [0.29, 0.717) is 28.6 Å². The van der Waals surface area contributed by atoms with E-state index in [-0.39, 0.29) is 16.3 Å². The zero-order chi connectivity index (χ0) is 24.1. The second-order valence-electron chi connectivity index (χ2n) is 7.94. The number of furan rings is 1. The number of hydrogen-bond acceptors (Lipinski definition) is 7. The Morgan fingerprint density at radius 2 is 1.91 bits per heavy atom. The van der Waals surface area contributed by atoms with E-state index in [1.54, 1.807) is 49.4 Å². The Labute approximate surface area is 207 Å². The minimum Gasteiger partial charge on any atom is -0.462 e. The number of benzene rings is 1. The summed E-state index contributed by atoms with van der Waals surface area (Å²) in [6.07, 6.45) is 6.85. The molecule has 3 amide bonds. The molecule has 2 aliphatic rings. The number of amides is 3. The van der Waals surface area contributed by atoms with Crippen LogP contribution in [0.5, 0.6) is 0 Å². The van der Waals surface area contributed by atoms with E-state index in [4.69, 9.17) is 21.4 Å². The maximum absolute atomic E-state index is 12.8. The van der Waals surface area contributed by atoms with Gasteiger partial charge in [-0.05, 0) is 56.2 Å². The van der Waals surface area contributed by atoms with Gasteiger partial charge in [0.15, 0.2) is 4.32 Å². The van der Waals surface area contributed by atoms with Crippen LogP contribution >= 0.6 is 24.0 Å². The molecular formula is C24H25N3O5S2. The highest BCUT2D eigenvalue weighted by atomic mass is 32.2. The molecule has 1 aromatic heterocycles. The topological polar surface area (TPSA) is 101 Å². The fourth-order valence-electron chi connectivity index (χ4n) is 3.83. The quantitative estimate of drug-likeness (QED) is 0.332. The van der Waals surface area contributed by atoms with Gasteiger partial charge in [0.25, 0.3) is 5.91 Å². The number of thiocarbonyl (C=S) groups is 1. The number of rotatable bonds is 6. The lowest BCUT2D eigenvalue weighted by molar-refractivity contribution is -0.123. The van der Waals surface area contributed by atoms with E-state index in [9.17, 15) is 14.4 Å². The third kappa shape index (κ3) is 5.68. The zero-order valence-electron chi connectivity index (χ0n) is 18.7. The molecule has 2 aromatic rings. The van der Waals surface area contributed by atoms with Crippen molar-refractivity contribution in [1.29, 1.82) is 0 Å². The summed E-state index contributed by atoms with van der Waals surface area (Å²) in [5.74, 6) is 0.265. The van der Waals surface area contributed by atoms with Crippen LogP contribution in [0.25, 0.3) is 17.4 Å². The van der Waals surface area contributed by atoms with Gasteiger partial charge in [-0.25, -0.2) is 15.0 Å². The van der Waals surface area contributed by atoms with Crippen LogP contribution in [0.1, 0.15) is 55.1 Å². The van der Waals surface area contributed by atoms with Crippen molar-refractivity contribution in [2.24, 2.45) is 0 Å². The molecule has 34 heavy (non-hydrogen) atoms. The van der Waals surface area contributed by atoms with Crippen LogP contribution in [-0.2, 0) is 9.53 Å². The molecule has 178 valence electrons. The van der Waals surface area contributed by atoms with Crippen LogP contribution in [0.15, 0.2) is 45.7 Å². The van der Waals surface area contributed by atoms with E-state index >= 15 is 0 Å². The molecular weight excluding hydrogens is 474 g/mol. The van der Waals surface area contributed by atoms with E-state index in [0.717, 1.165) is 48.0 Å². The number of ether oxygens (including phenoxy) is 1. The van der Waals surface area contributed by atoms with Crippen molar-refractivity contribution in [2.45, 2.75) is 45.1 Å². The molecule has 0 radical (unpaired) electrons. The summed E-state index contributed by atoms with van der Waals surface area (Å²) in [7, 11) is 0. The third-order valence-corrected chi connectivity index (χ3v) is 6.83. The molecule has 1 saturated carbocycles. The Hall–Kier alpha value is -3.11. The summed E-state index contributed by atoms with van der Waals surface area (Å²) in [6.45, 7) is 2.07. The molecule has 0 unspecified atom stereocenters. The molecule has 0 spiro atoms. The highest BCUT2D eigenvalue weighted by Gasteiger charge is 2.34. The molecule has 1 aromatic carbocycles. The highest BCUT2D eigenvalue weighted by Crippen LogP contribution is 2.32. The molecule has 4 rings (SSSR count). The Morgan fingerprint density at radius 1 is 1.18 bits per heavy atom. The van der Waals surface area contributed by atoms with E-state index < -0.39 is 11.9 Å². The van der Waals surface area contributed by atoms with E-state index in [1.165, 1.54) is 6.42 Å². The van der Waals surface area contributed by atoms with Crippen LogP contribution in [0, 0.1) is 0 Å². The van der Waals surface area contributed by atoms with E-state index in [2.05, 4.69) is 10.7 Å².